The SMILES string of the molecule is CNC(=O)CCNCCCO. The van der Waals surface area contributed by atoms with E-state index in [1.165, 1.54) is 0 Å². The first-order valence-electron chi connectivity index (χ1n) is 3.83. The highest BCUT2D eigenvalue weighted by Gasteiger charge is 1.94. The third-order valence-electron chi connectivity index (χ3n) is 1.32. The van der Waals surface area contributed by atoms with E-state index in [4.69, 9.17) is 5.11 Å². The second-order valence-electron chi connectivity index (χ2n) is 2.25. The number of aliphatic hydroxyl groups is 1. The second-order valence-corrected chi connectivity index (χ2v) is 2.25. The molecule has 0 aliphatic carbocycles. The molecule has 0 rings (SSSR count). The molecule has 0 aliphatic rings. The van der Waals surface area contributed by atoms with E-state index in [2.05, 4.69) is 10.6 Å². The van der Waals surface area contributed by atoms with Gasteiger partial charge in [-0.15, -0.1) is 0 Å². The lowest BCUT2D eigenvalue weighted by Crippen LogP contribution is -2.25. The predicted octanol–water partition coefficient (Wildman–Crippen LogP) is -0.905. The van der Waals surface area contributed by atoms with Gasteiger partial charge in [-0.2, -0.15) is 0 Å². The molecule has 4 heteroatoms. The van der Waals surface area contributed by atoms with Crippen LogP contribution in [0.4, 0.5) is 0 Å². The van der Waals surface area contributed by atoms with Crippen molar-refractivity contribution in [2.75, 3.05) is 26.7 Å². The minimum absolute atomic E-state index is 0.0431. The van der Waals surface area contributed by atoms with Crippen molar-refractivity contribution < 1.29 is 9.90 Å². The standard InChI is InChI=1S/C7H16N2O2/c1-8-7(11)3-5-9-4-2-6-10/h9-10H,2-6H2,1H3,(H,8,11). The molecule has 0 unspecified atom stereocenters. The van der Waals surface area contributed by atoms with E-state index in [0.29, 0.717) is 13.0 Å². The molecule has 0 heterocycles. The summed E-state index contributed by atoms with van der Waals surface area (Å²) in [5, 5.41) is 14.0. The average molecular weight is 160 g/mol. The summed E-state index contributed by atoms with van der Waals surface area (Å²) in [5.41, 5.74) is 0. The van der Waals surface area contributed by atoms with Crippen molar-refractivity contribution in [2.24, 2.45) is 0 Å². The maximum atomic E-state index is 10.6. The number of hydrogen-bond acceptors (Lipinski definition) is 3. The summed E-state index contributed by atoms with van der Waals surface area (Å²) in [4.78, 5) is 10.6. The number of carbonyl (C=O) groups excluding carboxylic acids is 1. The Kier molecular flexibility index (Phi) is 7.08. The molecule has 0 atom stereocenters. The lowest BCUT2D eigenvalue weighted by Gasteiger charge is -2.01. The highest BCUT2D eigenvalue weighted by Crippen LogP contribution is 1.76. The molecule has 66 valence electrons. The molecule has 0 spiro atoms. The zero-order valence-electron chi connectivity index (χ0n) is 6.89. The summed E-state index contributed by atoms with van der Waals surface area (Å²) in [6.07, 6.45) is 1.25. The van der Waals surface area contributed by atoms with Crippen LogP contribution in [0.3, 0.4) is 0 Å². The highest BCUT2D eigenvalue weighted by atomic mass is 16.3. The lowest BCUT2D eigenvalue weighted by molar-refractivity contribution is -0.120. The van der Waals surface area contributed by atoms with Crippen molar-refractivity contribution in [2.45, 2.75) is 12.8 Å². The van der Waals surface area contributed by atoms with Crippen molar-refractivity contribution in [3.63, 3.8) is 0 Å². The average Bonchev–Trinajstić information content (AvgIpc) is 2.04. The van der Waals surface area contributed by atoms with Crippen LogP contribution in [-0.4, -0.2) is 37.8 Å². The van der Waals surface area contributed by atoms with E-state index >= 15 is 0 Å². The van der Waals surface area contributed by atoms with Gasteiger partial charge in [0.05, 0.1) is 0 Å². The molecule has 0 aromatic rings. The number of rotatable bonds is 6. The monoisotopic (exact) mass is 160 g/mol. The van der Waals surface area contributed by atoms with E-state index in [1.54, 1.807) is 7.05 Å². The summed E-state index contributed by atoms with van der Waals surface area (Å²) in [6.45, 7) is 1.65. The Hall–Kier alpha value is -0.610. The van der Waals surface area contributed by atoms with E-state index in [1.807, 2.05) is 0 Å². The van der Waals surface area contributed by atoms with Crippen molar-refractivity contribution in [3.05, 3.63) is 0 Å². The van der Waals surface area contributed by atoms with Gasteiger partial charge in [-0.1, -0.05) is 0 Å². The predicted molar refractivity (Wildman–Crippen MR) is 43.3 cm³/mol. The van der Waals surface area contributed by atoms with Gasteiger partial charge in [-0.05, 0) is 13.0 Å². The van der Waals surface area contributed by atoms with Crippen LogP contribution in [0.2, 0.25) is 0 Å². The van der Waals surface area contributed by atoms with Gasteiger partial charge in [0, 0.05) is 26.6 Å². The molecule has 0 saturated heterocycles. The van der Waals surface area contributed by atoms with E-state index in [-0.39, 0.29) is 12.5 Å². The minimum Gasteiger partial charge on any atom is -0.396 e. The van der Waals surface area contributed by atoms with Crippen molar-refractivity contribution in [1.82, 2.24) is 10.6 Å². The van der Waals surface area contributed by atoms with Crippen LogP contribution in [0.25, 0.3) is 0 Å². The molecule has 0 radical (unpaired) electrons. The lowest BCUT2D eigenvalue weighted by atomic mass is 10.4. The largest absolute Gasteiger partial charge is 0.396 e. The fourth-order valence-corrected chi connectivity index (χ4v) is 0.656. The number of carbonyl (C=O) groups is 1. The minimum atomic E-state index is 0.0431. The van der Waals surface area contributed by atoms with Gasteiger partial charge in [0.15, 0.2) is 0 Å². The fourth-order valence-electron chi connectivity index (χ4n) is 0.656. The summed E-state index contributed by atoms with van der Waals surface area (Å²) >= 11 is 0. The third-order valence-corrected chi connectivity index (χ3v) is 1.32. The number of aliphatic hydroxyl groups excluding tert-OH is 1. The molecule has 11 heavy (non-hydrogen) atoms. The Balaban J connectivity index is 2.95. The summed E-state index contributed by atoms with van der Waals surface area (Å²) in [5.74, 6) is 0.0431. The van der Waals surface area contributed by atoms with Crippen LogP contribution in [-0.2, 0) is 4.79 Å². The maximum absolute atomic E-state index is 10.6. The van der Waals surface area contributed by atoms with E-state index < -0.39 is 0 Å². The summed E-state index contributed by atoms with van der Waals surface area (Å²) in [7, 11) is 1.62. The third kappa shape index (κ3) is 7.29. The van der Waals surface area contributed by atoms with Crippen LogP contribution < -0.4 is 10.6 Å². The Morgan fingerprint density at radius 3 is 2.73 bits per heavy atom. The van der Waals surface area contributed by atoms with Gasteiger partial charge in [0.25, 0.3) is 0 Å². The first-order chi connectivity index (χ1) is 5.31. The van der Waals surface area contributed by atoms with Crippen LogP contribution in [0.15, 0.2) is 0 Å². The van der Waals surface area contributed by atoms with Crippen LogP contribution in [0.1, 0.15) is 12.8 Å². The number of nitrogens with one attached hydrogen (secondary N) is 2. The maximum Gasteiger partial charge on any atom is 0.221 e. The van der Waals surface area contributed by atoms with Gasteiger partial charge < -0.3 is 15.7 Å². The van der Waals surface area contributed by atoms with Crippen LogP contribution >= 0.6 is 0 Å². The van der Waals surface area contributed by atoms with E-state index in [0.717, 1.165) is 13.0 Å². The molecule has 0 fully saturated rings. The zero-order chi connectivity index (χ0) is 8.53. The molecular weight excluding hydrogens is 144 g/mol. The van der Waals surface area contributed by atoms with Gasteiger partial charge >= 0.3 is 0 Å². The van der Waals surface area contributed by atoms with Crippen molar-refractivity contribution in [3.8, 4) is 0 Å². The van der Waals surface area contributed by atoms with Crippen molar-refractivity contribution in [1.29, 1.82) is 0 Å². The first kappa shape index (κ1) is 10.4. The molecule has 4 nitrogen and oxygen atoms in total. The first-order valence-corrected chi connectivity index (χ1v) is 3.83. The zero-order valence-corrected chi connectivity index (χ0v) is 6.89. The number of amides is 1. The normalized spacial score (nSPS) is 9.64. The molecule has 0 saturated carbocycles. The molecule has 3 N–H and O–H groups in total. The fraction of sp³-hybridized carbons (Fsp3) is 0.857. The molecule has 1 amide bonds. The van der Waals surface area contributed by atoms with Gasteiger partial charge in [-0.3, -0.25) is 4.79 Å². The molecule has 0 aromatic heterocycles. The Labute approximate surface area is 67.0 Å². The van der Waals surface area contributed by atoms with Crippen LogP contribution in [0, 0.1) is 0 Å². The Bertz CT molecular complexity index is 107. The van der Waals surface area contributed by atoms with E-state index in [9.17, 15) is 4.79 Å². The van der Waals surface area contributed by atoms with Crippen molar-refractivity contribution >= 4 is 5.91 Å². The number of hydrogen-bond donors (Lipinski definition) is 3. The van der Waals surface area contributed by atoms with Gasteiger partial charge in [-0.25, -0.2) is 0 Å². The molecule has 0 aliphatic heterocycles. The molecule has 0 bridgehead atoms. The highest BCUT2D eigenvalue weighted by molar-refractivity contribution is 5.75. The topological polar surface area (TPSA) is 61.4 Å². The van der Waals surface area contributed by atoms with Crippen LogP contribution in [0.5, 0.6) is 0 Å². The molecular formula is C7H16N2O2. The summed E-state index contributed by atoms with van der Waals surface area (Å²) < 4.78 is 0. The quantitative estimate of drug-likeness (QED) is 0.441. The van der Waals surface area contributed by atoms with Gasteiger partial charge in [0.1, 0.15) is 0 Å². The Morgan fingerprint density at radius 2 is 2.18 bits per heavy atom. The summed E-state index contributed by atoms with van der Waals surface area (Å²) in [6, 6.07) is 0. The second kappa shape index (κ2) is 7.50. The van der Waals surface area contributed by atoms with Gasteiger partial charge in [0.2, 0.25) is 5.91 Å². The molecule has 0 aromatic carbocycles. The smallest absolute Gasteiger partial charge is 0.221 e. The Morgan fingerprint density at radius 1 is 1.45 bits per heavy atom.